The van der Waals surface area contributed by atoms with Crippen molar-refractivity contribution in [3.63, 3.8) is 0 Å². The van der Waals surface area contributed by atoms with E-state index in [1.54, 1.807) is 43.5 Å². The first-order chi connectivity index (χ1) is 18.0. The largest absolute Gasteiger partial charge is 0.480 e. The van der Waals surface area contributed by atoms with E-state index >= 15 is 0 Å². The molecule has 13 heteroatoms. The van der Waals surface area contributed by atoms with Gasteiger partial charge in [-0.15, -0.1) is 23.1 Å². The summed E-state index contributed by atoms with van der Waals surface area (Å²) in [5.74, 6) is -2.79. The number of carboxylic acid groups (broad SMARTS) is 1. The molecule has 1 unspecified atom stereocenters. The molecule has 3 heterocycles. The van der Waals surface area contributed by atoms with Gasteiger partial charge in [0.2, 0.25) is 17.7 Å². The van der Waals surface area contributed by atoms with E-state index in [-0.39, 0.29) is 6.54 Å². The van der Waals surface area contributed by atoms with Crippen LogP contribution in [0.3, 0.4) is 0 Å². The van der Waals surface area contributed by atoms with Crippen molar-refractivity contribution in [3.05, 3.63) is 58.0 Å². The van der Waals surface area contributed by atoms with Gasteiger partial charge in [-0.1, -0.05) is 18.2 Å². The fourth-order valence-corrected chi connectivity index (χ4v) is 6.91. The molecule has 1 aromatic heterocycles. The molecule has 2 aromatic rings. The van der Waals surface area contributed by atoms with Gasteiger partial charge in [0.05, 0.1) is 0 Å². The number of fused-ring (bicyclic) bond motifs is 1. The Morgan fingerprint density at radius 1 is 1.24 bits per heavy atom. The molecule has 202 valence electrons. The van der Waals surface area contributed by atoms with Crippen LogP contribution < -0.4 is 16.0 Å². The van der Waals surface area contributed by atoms with E-state index in [1.165, 1.54) is 40.1 Å². The maximum Gasteiger partial charge on any atom is 0.327 e. The van der Waals surface area contributed by atoms with Gasteiger partial charge < -0.3 is 26.0 Å². The molecule has 0 spiro atoms. The third-order valence-corrected chi connectivity index (χ3v) is 8.70. The van der Waals surface area contributed by atoms with Gasteiger partial charge >= 0.3 is 5.97 Å². The number of thioether (sulfide) groups is 1. The molecule has 4 rings (SSSR count). The standard InChI is InChI=1S/C25H28FN5O5S2/c1-4-27-20(13-7-5-8-14(26)11-13)28-12-16(32)29-17(15-9-6-10-37-15)21(33)30-18-22(34)31-19(24(35)36)25(2,3)38-23(18)31/h5-11,17-19,23H,4,12H2,1-3H3,(H,27,28)(H,29,32)(H,30,33)(H,35,36)/t17?,18-,19+,23-/m1/s1. The number of carbonyl (C=O) groups excluding carboxylic acids is 3. The highest BCUT2D eigenvalue weighted by atomic mass is 32.2. The van der Waals surface area contributed by atoms with Crippen LogP contribution in [0.4, 0.5) is 4.39 Å². The SMILES string of the molecule is CCNC(=NCC(=O)NC(C(=O)N[C@@H]1C(=O)N2[C@@H]1SC(C)(C)[C@@H]2C(=O)O)c1cccs1)c1cccc(F)c1. The molecule has 2 fully saturated rings. The third-order valence-electron chi connectivity index (χ3n) is 6.19. The Bertz CT molecular complexity index is 1270. The zero-order chi connectivity index (χ0) is 27.6. The van der Waals surface area contributed by atoms with Crippen molar-refractivity contribution in [2.75, 3.05) is 13.1 Å². The van der Waals surface area contributed by atoms with Crippen LogP contribution in [0.25, 0.3) is 0 Å². The van der Waals surface area contributed by atoms with Gasteiger partial charge in [-0.2, -0.15) is 0 Å². The van der Waals surface area contributed by atoms with Gasteiger partial charge in [-0.3, -0.25) is 19.4 Å². The van der Waals surface area contributed by atoms with Gasteiger partial charge in [0.1, 0.15) is 41.7 Å². The first kappa shape index (κ1) is 27.6. The summed E-state index contributed by atoms with van der Waals surface area (Å²) < 4.78 is 12.9. The molecule has 4 atom stereocenters. The summed E-state index contributed by atoms with van der Waals surface area (Å²) in [5.41, 5.74) is 0.483. The monoisotopic (exact) mass is 561 g/mol. The quantitative estimate of drug-likeness (QED) is 0.208. The second-order valence-electron chi connectivity index (χ2n) is 9.31. The topological polar surface area (TPSA) is 140 Å². The Hall–Kier alpha value is -3.45. The number of benzene rings is 1. The lowest BCUT2D eigenvalue weighted by Crippen LogP contribution is -2.71. The minimum Gasteiger partial charge on any atom is -0.480 e. The molecule has 4 N–H and O–H groups in total. The van der Waals surface area contributed by atoms with Gasteiger partial charge in [0.25, 0.3) is 0 Å². The average Bonchev–Trinajstić information content (AvgIpc) is 3.48. The van der Waals surface area contributed by atoms with Crippen LogP contribution in [0, 0.1) is 5.82 Å². The number of nitrogens with zero attached hydrogens (tertiary/aromatic N) is 2. The molecule has 38 heavy (non-hydrogen) atoms. The number of thiophene rings is 1. The van der Waals surface area contributed by atoms with E-state index in [1.807, 2.05) is 6.92 Å². The van der Waals surface area contributed by atoms with E-state index in [0.717, 1.165) is 0 Å². The molecule has 10 nitrogen and oxygen atoms in total. The summed E-state index contributed by atoms with van der Waals surface area (Å²) in [6.07, 6.45) is 0. The molecule has 0 radical (unpaired) electrons. The maximum absolute atomic E-state index is 13.7. The second-order valence-corrected chi connectivity index (χ2v) is 12.1. The van der Waals surface area contributed by atoms with Crippen LogP contribution in [0.5, 0.6) is 0 Å². The van der Waals surface area contributed by atoms with Crippen molar-refractivity contribution in [2.45, 2.75) is 49.0 Å². The highest BCUT2D eigenvalue weighted by Gasteiger charge is 2.64. The Labute approximate surface area is 227 Å². The lowest BCUT2D eigenvalue weighted by Gasteiger charge is -2.43. The Morgan fingerprint density at radius 2 is 2.00 bits per heavy atom. The molecule has 1 aromatic carbocycles. The number of β-lactam (4-membered cyclic amide) rings is 1. The van der Waals surface area contributed by atoms with Crippen LogP contribution >= 0.6 is 23.1 Å². The number of amidine groups is 1. The minimum absolute atomic E-state index is 0.322. The van der Waals surface area contributed by atoms with Gasteiger partial charge in [0, 0.05) is 21.7 Å². The number of aliphatic imine (C=N–C) groups is 1. The van der Waals surface area contributed by atoms with Crippen LogP contribution in [0.15, 0.2) is 46.8 Å². The molecular weight excluding hydrogens is 533 g/mol. The normalized spacial score (nSPS) is 22.7. The number of carboxylic acids is 1. The van der Waals surface area contributed by atoms with Crippen LogP contribution in [0.2, 0.25) is 0 Å². The fourth-order valence-electron chi connectivity index (χ4n) is 4.51. The highest BCUT2D eigenvalue weighted by molar-refractivity contribution is 8.01. The molecule has 0 saturated carbocycles. The molecule has 0 bridgehead atoms. The Balaban J connectivity index is 1.46. The smallest absolute Gasteiger partial charge is 0.327 e. The van der Waals surface area contributed by atoms with E-state index in [2.05, 4.69) is 20.9 Å². The van der Waals surface area contributed by atoms with Crippen molar-refractivity contribution in [2.24, 2.45) is 4.99 Å². The molecular formula is C25H28FN5O5S2. The van der Waals surface area contributed by atoms with Gasteiger partial charge in [-0.25, -0.2) is 9.18 Å². The van der Waals surface area contributed by atoms with Crippen molar-refractivity contribution in [1.82, 2.24) is 20.9 Å². The van der Waals surface area contributed by atoms with Crippen molar-refractivity contribution in [3.8, 4) is 0 Å². The first-order valence-electron chi connectivity index (χ1n) is 11.9. The number of carbonyl (C=O) groups is 4. The van der Waals surface area contributed by atoms with E-state index in [9.17, 15) is 28.7 Å². The Kier molecular flexibility index (Phi) is 8.07. The number of aliphatic carboxylic acids is 1. The number of amides is 3. The maximum atomic E-state index is 13.7. The number of hydrogen-bond donors (Lipinski definition) is 4. The molecule has 3 amide bonds. The predicted molar refractivity (Wildman–Crippen MR) is 142 cm³/mol. The number of nitrogens with one attached hydrogen (secondary N) is 3. The van der Waals surface area contributed by atoms with Crippen LogP contribution in [-0.4, -0.2) is 74.8 Å². The van der Waals surface area contributed by atoms with Crippen molar-refractivity contribution < 1.29 is 28.7 Å². The number of rotatable bonds is 9. The summed E-state index contributed by atoms with van der Waals surface area (Å²) in [6, 6.07) is 6.28. The fraction of sp³-hybridized carbons (Fsp3) is 0.400. The average molecular weight is 562 g/mol. The van der Waals surface area contributed by atoms with Gasteiger partial charge in [-0.05, 0) is 44.4 Å². The summed E-state index contributed by atoms with van der Waals surface area (Å²) >= 11 is 2.58. The molecule has 2 saturated heterocycles. The summed E-state index contributed by atoms with van der Waals surface area (Å²) in [5, 5.41) is 19.2. The van der Waals surface area contributed by atoms with Crippen LogP contribution in [0.1, 0.15) is 37.3 Å². The highest BCUT2D eigenvalue weighted by Crippen LogP contribution is 2.50. The second kappa shape index (κ2) is 11.1. The Morgan fingerprint density at radius 3 is 2.63 bits per heavy atom. The third kappa shape index (κ3) is 5.53. The van der Waals surface area contributed by atoms with E-state index in [4.69, 9.17) is 0 Å². The number of halogens is 1. The first-order valence-corrected chi connectivity index (χ1v) is 13.7. The van der Waals surface area contributed by atoms with Crippen LogP contribution in [-0.2, 0) is 19.2 Å². The predicted octanol–water partition coefficient (Wildman–Crippen LogP) is 1.73. The van der Waals surface area contributed by atoms with E-state index in [0.29, 0.717) is 22.8 Å². The summed E-state index contributed by atoms with van der Waals surface area (Å²) in [7, 11) is 0. The summed E-state index contributed by atoms with van der Waals surface area (Å²) in [6.45, 7) is 5.53. The van der Waals surface area contributed by atoms with Gasteiger partial charge in [0.15, 0.2) is 0 Å². The summed E-state index contributed by atoms with van der Waals surface area (Å²) in [4.78, 5) is 56.8. The molecule has 2 aliphatic heterocycles. The zero-order valence-electron chi connectivity index (χ0n) is 20.9. The van der Waals surface area contributed by atoms with E-state index < -0.39 is 57.8 Å². The minimum atomic E-state index is -1.09. The lowest BCUT2D eigenvalue weighted by molar-refractivity contribution is -0.161. The van der Waals surface area contributed by atoms with Crippen molar-refractivity contribution >= 4 is 52.6 Å². The lowest BCUT2D eigenvalue weighted by atomic mass is 9.96. The number of hydrogen-bond acceptors (Lipinski definition) is 7. The molecule has 2 aliphatic rings. The zero-order valence-corrected chi connectivity index (χ0v) is 22.6. The molecule has 0 aliphatic carbocycles. The van der Waals surface area contributed by atoms with Crippen molar-refractivity contribution in [1.29, 1.82) is 0 Å².